The molecule has 1 atom stereocenters. The van der Waals surface area contributed by atoms with Gasteiger partial charge in [-0.05, 0) is 31.5 Å². The molecule has 3 nitrogen and oxygen atoms in total. The number of benzene rings is 1. The number of likely N-dealkylation sites (N-methyl/N-ethyl adjacent to an activating group) is 1. The summed E-state index contributed by atoms with van der Waals surface area (Å²) in [5.41, 5.74) is 1.19. The summed E-state index contributed by atoms with van der Waals surface area (Å²) >= 11 is 3.52. The first-order valence-electron chi connectivity index (χ1n) is 6.61. The zero-order valence-electron chi connectivity index (χ0n) is 12.1. The number of carbonyl (C=O) groups is 1. The first kappa shape index (κ1) is 16.2. The topological polar surface area (TPSA) is 32.3 Å². The van der Waals surface area contributed by atoms with Crippen molar-refractivity contribution in [2.45, 2.75) is 33.4 Å². The third-order valence-corrected chi connectivity index (χ3v) is 3.97. The lowest BCUT2D eigenvalue weighted by molar-refractivity contribution is -0.122. The maximum atomic E-state index is 11.9. The Balaban J connectivity index is 2.45. The number of nitrogens with zero attached hydrogens (tertiary/aromatic N) is 1. The van der Waals surface area contributed by atoms with Crippen LogP contribution in [0.2, 0.25) is 0 Å². The minimum absolute atomic E-state index is 0.0794. The van der Waals surface area contributed by atoms with Gasteiger partial charge in [0, 0.05) is 17.1 Å². The number of carbonyl (C=O) groups excluding carboxylic acids is 1. The van der Waals surface area contributed by atoms with E-state index in [9.17, 15) is 4.79 Å². The Bertz CT molecular complexity index is 420. The third-order valence-electron chi connectivity index (χ3n) is 3.20. The van der Waals surface area contributed by atoms with E-state index in [-0.39, 0.29) is 11.9 Å². The molecule has 0 aliphatic carbocycles. The fourth-order valence-corrected chi connectivity index (χ4v) is 2.09. The van der Waals surface area contributed by atoms with Crippen LogP contribution in [-0.4, -0.2) is 30.4 Å². The van der Waals surface area contributed by atoms with E-state index in [0.29, 0.717) is 12.5 Å². The van der Waals surface area contributed by atoms with Gasteiger partial charge in [0.05, 0.1) is 6.54 Å². The highest BCUT2D eigenvalue weighted by atomic mass is 79.9. The monoisotopic (exact) mass is 326 g/mol. The molecule has 0 radical (unpaired) electrons. The van der Waals surface area contributed by atoms with Crippen LogP contribution in [0.3, 0.4) is 0 Å². The van der Waals surface area contributed by atoms with Crippen molar-refractivity contribution >= 4 is 21.8 Å². The van der Waals surface area contributed by atoms with Crippen LogP contribution in [0.4, 0.5) is 0 Å². The van der Waals surface area contributed by atoms with E-state index in [2.05, 4.69) is 41.2 Å². The van der Waals surface area contributed by atoms with Gasteiger partial charge in [0.2, 0.25) is 5.91 Å². The molecule has 0 bridgehead atoms. The van der Waals surface area contributed by atoms with Crippen LogP contribution in [0.5, 0.6) is 0 Å². The fourth-order valence-electron chi connectivity index (χ4n) is 1.68. The summed E-state index contributed by atoms with van der Waals surface area (Å²) in [5.74, 6) is 0.535. The van der Waals surface area contributed by atoms with Crippen molar-refractivity contribution in [3.05, 3.63) is 34.3 Å². The Morgan fingerprint density at radius 3 is 2.53 bits per heavy atom. The summed E-state index contributed by atoms with van der Waals surface area (Å²) in [6, 6.07) is 8.29. The molecule has 19 heavy (non-hydrogen) atoms. The molecule has 0 aliphatic rings. The number of amides is 1. The number of hydrogen-bond acceptors (Lipinski definition) is 2. The van der Waals surface area contributed by atoms with E-state index in [1.165, 1.54) is 5.56 Å². The number of halogens is 1. The van der Waals surface area contributed by atoms with Crippen molar-refractivity contribution in [1.82, 2.24) is 10.2 Å². The van der Waals surface area contributed by atoms with E-state index in [1.54, 1.807) is 0 Å². The second kappa shape index (κ2) is 7.65. The maximum absolute atomic E-state index is 11.9. The molecule has 1 rings (SSSR count). The van der Waals surface area contributed by atoms with Gasteiger partial charge in [-0.1, -0.05) is 48.0 Å². The van der Waals surface area contributed by atoms with Crippen LogP contribution in [-0.2, 0) is 11.3 Å². The Labute approximate surface area is 124 Å². The molecule has 0 aromatic heterocycles. The number of rotatable bonds is 6. The van der Waals surface area contributed by atoms with Crippen molar-refractivity contribution in [3.8, 4) is 0 Å². The molecule has 106 valence electrons. The Hall–Kier alpha value is -0.870. The normalized spacial score (nSPS) is 12.8. The zero-order chi connectivity index (χ0) is 14.4. The summed E-state index contributed by atoms with van der Waals surface area (Å²) in [5, 5.41) is 3.02. The molecule has 1 unspecified atom stereocenters. The first-order valence-corrected chi connectivity index (χ1v) is 7.40. The molecular weight excluding hydrogens is 304 g/mol. The van der Waals surface area contributed by atoms with Crippen LogP contribution >= 0.6 is 15.9 Å². The molecule has 0 aliphatic heterocycles. The van der Waals surface area contributed by atoms with E-state index in [1.807, 2.05) is 37.1 Å². The van der Waals surface area contributed by atoms with Crippen molar-refractivity contribution in [1.29, 1.82) is 0 Å². The summed E-state index contributed by atoms with van der Waals surface area (Å²) in [6.45, 7) is 7.42. The van der Waals surface area contributed by atoms with Crippen LogP contribution < -0.4 is 5.32 Å². The lowest BCUT2D eigenvalue weighted by Crippen LogP contribution is -2.41. The minimum atomic E-state index is 0.0794. The molecule has 4 heteroatoms. The van der Waals surface area contributed by atoms with Crippen LogP contribution in [0.25, 0.3) is 0 Å². The van der Waals surface area contributed by atoms with Gasteiger partial charge in [0.15, 0.2) is 0 Å². The molecule has 1 amide bonds. The van der Waals surface area contributed by atoms with Gasteiger partial charge in [-0.15, -0.1) is 0 Å². The van der Waals surface area contributed by atoms with Crippen molar-refractivity contribution in [2.75, 3.05) is 13.6 Å². The van der Waals surface area contributed by atoms with Gasteiger partial charge in [-0.2, -0.15) is 0 Å². The average Bonchev–Trinajstić information content (AvgIpc) is 2.31. The van der Waals surface area contributed by atoms with E-state index >= 15 is 0 Å². The zero-order valence-corrected chi connectivity index (χ0v) is 13.7. The minimum Gasteiger partial charge on any atom is -0.352 e. The first-order chi connectivity index (χ1) is 8.90. The smallest absolute Gasteiger partial charge is 0.234 e. The maximum Gasteiger partial charge on any atom is 0.234 e. The highest BCUT2D eigenvalue weighted by Crippen LogP contribution is 2.17. The van der Waals surface area contributed by atoms with Gasteiger partial charge in [-0.3, -0.25) is 9.69 Å². The molecule has 0 saturated carbocycles. The average molecular weight is 327 g/mol. The van der Waals surface area contributed by atoms with Crippen LogP contribution in [0, 0.1) is 5.92 Å². The lowest BCUT2D eigenvalue weighted by Gasteiger charge is -2.21. The van der Waals surface area contributed by atoms with Crippen molar-refractivity contribution < 1.29 is 4.79 Å². The Kier molecular flexibility index (Phi) is 6.52. The van der Waals surface area contributed by atoms with Gasteiger partial charge < -0.3 is 5.32 Å². The second-order valence-corrected chi connectivity index (χ2v) is 6.22. The predicted molar refractivity (Wildman–Crippen MR) is 82.9 cm³/mol. The van der Waals surface area contributed by atoms with E-state index < -0.39 is 0 Å². The largest absolute Gasteiger partial charge is 0.352 e. The van der Waals surface area contributed by atoms with E-state index in [0.717, 1.165) is 11.0 Å². The number of nitrogens with one attached hydrogen (secondary N) is 1. The van der Waals surface area contributed by atoms with Crippen LogP contribution in [0.15, 0.2) is 28.7 Å². The molecule has 0 heterocycles. The lowest BCUT2D eigenvalue weighted by atomic mass is 10.1. The van der Waals surface area contributed by atoms with E-state index in [4.69, 9.17) is 0 Å². The summed E-state index contributed by atoms with van der Waals surface area (Å²) in [6.07, 6.45) is 0. The highest BCUT2D eigenvalue weighted by Gasteiger charge is 2.13. The van der Waals surface area contributed by atoms with Gasteiger partial charge >= 0.3 is 0 Å². The molecular formula is C15H23BrN2O. The molecule has 1 aromatic carbocycles. The SMILES string of the molecule is CC(C)C(C)NC(=O)CN(C)Cc1ccccc1Br. The fraction of sp³-hybridized carbons (Fsp3) is 0.533. The summed E-state index contributed by atoms with van der Waals surface area (Å²) in [4.78, 5) is 13.9. The van der Waals surface area contributed by atoms with Gasteiger partial charge in [0.25, 0.3) is 0 Å². The van der Waals surface area contributed by atoms with Crippen molar-refractivity contribution in [2.24, 2.45) is 5.92 Å². The molecule has 1 N–H and O–H groups in total. The molecule has 0 spiro atoms. The molecule has 1 aromatic rings. The second-order valence-electron chi connectivity index (χ2n) is 5.36. The predicted octanol–water partition coefficient (Wildman–Crippen LogP) is 3.04. The molecule has 0 fully saturated rings. The standard InChI is InChI=1S/C15H23BrN2O/c1-11(2)12(3)17-15(19)10-18(4)9-13-7-5-6-8-14(13)16/h5-8,11-12H,9-10H2,1-4H3,(H,17,19). The summed E-state index contributed by atoms with van der Waals surface area (Å²) in [7, 11) is 1.96. The van der Waals surface area contributed by atoms with Crippen molar-refractivity contribution in [3.63, 3.8) is 0 Å². The third kappa shape index (κ3) is 5.74. The van der Waals surface area contributed by atoms with Gasteiger partial charge in [0.1, 0.15) is 0 Å². The van der Waals surface area contributed by atoms with Crippen LogP contribution in [0.1, 0.15) is 26.3 Å². The quantitative estimate of drug-likeness (QED) is 0.871. The molecule has 0 saturated heterocycles. The van der Waals surface area contributed by atoms with Gasteiger partial charge in [-0.25, -0.2) is 0 Å². The highest BCUT2D eigenvalue weighted by molar-refractivity contribution is 9.10. The summed E-state index contributed by atoms with van der Waals surface area (Å²) < 4.78 is 1.08. The Morgan fingerprint density at radius 1 is 1.32 bits per heavy atom. The number of hydrogen-bond donors (Lipinski definition) is 1. The Morgan fingerprint density at radius 2 is 1.95 bits per heavy atom.